The molecule has 2 rings (SSSR count). The Hall–Kier alpha value is -0.380. The van der Waals surface area contributed by atoms with E-state index in [1.54, 1.807) is 0 Å². The van der Waals surface area contributed by atoms with E-state index in [4.69, 9.17) is 4.74 Å². The van der Waals surface area contributed by atoms with Gasteiger partial charge in [0.25, 0.3) is 0 Å². The molecule has 0 aromatic carbocycles. The second-order valence-electron chi connectivity index (χ2n) is 4.45. The zero-order chi connectivity index (χ0) is 11.1. The van der Waals surface area contributed by atoms with Crippen LogP contribution in [0.25, 0.3) is 0 Å². The first-order valence-corrected chi connectivity index (χ1v) is 7.14. The zero-order valence-electron chi connectivity index (χ0n) is 9.78. The van der Waals surface area contributed by atoms with Gasteiger partial charge in [-0.15, -0.1) is 11.3 Å². The van der Waals surface area contributed by atoms with Crippen LogP contribution < -0.4 is 5.32 Å². The second kappa shape index (κ2) is 7.05. The Bertz CT molecular complexity index is 269. The molecule has 1 N–H and O–H groups in total. The molecular weight excluding hydrogens is 218 g/mol. The van der Waals surface area contributed by atoms with E-state index in [9.17, 15) is 0 Å². The number of hydrogen-bond donors (Lipinski definition) is 1. The first kappa shape index (κ1) is 12.1. The fourth-order valence-corrected chi connectivity index (χ4v) is 2.33. The number of nitrogens with one attached hydrogen (secondary N) is 1. The van der Waals surface area contributed by atoms with Crippen LogP contribution in [-0.2, 0) is 11.2 Å². The lowest BCUT2D eigenvalue weighted by Crippen LogP contribution is -2.19. The van der Waals surface area contributed by atoms with Crippen molar-refractivity contribution < 1.29 is 4.74 Å². The summed E-state index contributed by atoms with van der Waals surface area (Å²) in [7, 11) is 0. The van der Waals surface area contributed by atoms with Crippen molar-refractivity contribution in [3.63, 3.8) is 0 Å². The van der Waals surface area contributed by atoms with E-state index in [0.717, 1.165) is 45.1 Å². The summed E-state index contributed by atoms with van der Waals surface area (Å²) >= 11 is 1.84. The Balaban J connectivity index is 1.34. The van der Waals surface area contributed by atoms with E-state index in [1.807, 2.05) is 11.3 Å². The summed E-state index contributed by atoms with van der Waals surface area (Å²) in [5, 5.41) is 5.59. The maximum absolute atomic E-state index is 5.57. The van der Waals surface area contributed by atoms with Crippen molar-refractivity contribution in [2.75, 3.05) is 26.3 Å². The summed E-state index contributed by atoms with van der Waals surface area (Å²) in [5.74, 6) is 0.895. The summed E-state index contributed by atoms with van der Waals surface area (Å²) in [6.07, 6.45) is 5.07. The first-order chi connectivity index (χ1) is 7.95. The summed E-state index contributed by atoms with van der Waals surface area (Å²) in [5.41, 5.74) is 0. The van der Waals surface area contributed by atoms with E-state index >= 15 is 0 Å². The molecule has 2 nitrogen and oxygen atoms in total. The van der Waals surface area contributed by atoms with Gasteiger partial charge in [0.05, 0.1) is 0 Å². The molecule has 1 heterocycles. The van der Waals surface area contributed by atoms with E-state index in [2.05, 4.69) is 22.8 Å². The van der Waals surface area contributed by atoms with Crippen LogP contribution in [0.3, 0.4) is 0 Å². The topological polar surface area (TPSA) is 21.3 Å². The molecule has 0 bridgehead atoms. The van der Waals surface area contributed by atoms with Crippen LogP contribution in [0.2, 0.25) is 0 Å². The highest BCUT2D eigenvalue weighted by Crippen LogP contribution is 2.28. The van der Waals surface area contributed by atoms with Gasteiger partial charge in [-0.3, -0.25) is 0 Å². The molecule has 1 aliphatic rings. The van der Waals surface area contributed by atoms with Gasteiger partial charge in [0.15, 0.2) is 0 Å². The maximum Gasteiger partial charge on any atom is 0.0494 e. The van der Waals surface area contributed by atoms with E-state index < -0.39 is 0 Å². The van der Waals surface area contributed by atoms with Crippen LogP contribution in [0.15, 0.2) is 17.5 Å². The average Bonchev–Trinajstić information content (AvgIpc) is 2.97. The highest BCUT2D eigenvalue weighted by atomic mass is 32.1. The van der Waals surface area contributed by atoms with Gasteiger partial charge in [-0.05, 0) is 56.1 Å². The Kier molecular flexibility index (Phi) is 5.32. The summed E-state index contributed by atoms with van der Waals surface area (Å²) in [6.45, 7) is 4.08. The minimum Gasteiger partial charge on any atom is -0.381 e. The molecule has 1 aromatic heterocycles. The molecule has 90 valence electrons. The van der Waals surface area contributed by atoms with Gasteiger partial charge < -0.3 is 10.1 Å². The predicted molar refractivity (Wildman–Crippen MR) is 69.1 cm³/mol. The van der Waals surface area contributed by atoms with Crippen LogP contribution in [0.5, 0.6) is 0 Å². The first-order valence-electron chi connectivity index (χ1n) is 6.26. The molecule has 1 saturated carbocycles. The molecule has 0 aliphatic heterocycles. The van der Waals surface area contributed by atoms with Crippen molar-refractivity contribution in [3.05, 3.63) is 22.4 Å². The minimum absolute atomic E-state index is 0.895. The molecule has 0 unspecified atom stereocenters. The lowest BCUT2D eigenvalue weighted by molar-refractivity contribution is 0.122. The largest absolute Gasteiger partial charge is 0.381 e. The van der Waals surface area contributed by atoms with Crippen LogP contribution >= 0.6 is 11.3 Å². The molecule has 1 aliphatic carbocycles. The SMILES string of the molecule is c1csc(CCNCCCOCC2CC2)c1. The molecule has 0 amide bonds. The van der Waals surface area contributed by atoms with Crippen molar-refractivity contribution in [3.8, 4) is 0 Å². The van der Waals surface area contributed by atoms with Crippen molar-refractivity contribution >= 4 is 11.3 Å². The molecule has 0 spiro atoms. The summed E-state index contributed by atoms with van der Waals surface area (Å²) in [6, 6.07) is 4.32. The molecular formula is C13H21NOS. The molecule has 0 radical (unpaired) electrons. The number of thiophene rings is 1. The monoisotopic (exact) mass is 239 g/mol. The van der Waals surface area contributed by atoms with E-state index in [0.29, 0.717) is 0 Å². The van der Waals surface area contributed by atoms with Gasteiger partial charge >= 0.3 is 0 Å². The second-order valence-corrected chi connectivity index (χ2v) is 5.48. The fraction of sp³-hybridized carbons (Fsp3) is 0.692. The number of hydrogen-bond acceptors (Lipinski definition) is 3. The molecule has 1 aromatic rings. The van der Waals surface area contributed by atoms with Crippen LogP contribution in [-0.4, -0.2) is 26.3 Å². The van der Waals surface area contributed by atoms with Crippen LogP contribution in [0.1, 0.15) is 24.1 Å². The third-order valence-corrected chi connectivity index (χ3v) is 3.76. The van der Waals surface area contributed by atoms with Gasteiger partial charge in [0.2, 0.25) is 0 Å². The molecule has 0 atom stereocenters. The normalized spacial score (nSPS) is 15.5. The molecule has 3 heteroatoms. The lowest BCUT2D eigenvalue weighted by Gasteiger charge is -2.04. The van der Waals surface area contributed by atoms with Crippen LogP contribution in [0, 0.1) is 5.92 Å². The maximum atomic E-state index is 5.57. The third-order valence-electron chi connectivity index (χ3n) is 2.82. The highest BCUT2D eigenvalue weighted by molar-refractivity contribution is 7.09. The van der Waals surface area contributed by atoms with Gasteiger partial charge in [-0.1, -0.05) is 6.07 Å². The fourth-order valence-electron chi connectivity index (χ4n) is 1.63. The standard InChI is InChI=1S/C13H21NOS/c1-3-13(16-10-1)6-8-14-7-2-9-15-11-12-4-5-12/h1,3,10,12,14H,2,4-9,11H2. The Morgan fingerprint density at radius 2 is 2.31 bits per heavy atom. The molecule has 16 heavy (non-hydrogen) atoms. The Labute approximate surface area is 102 Å². The van der Waals surface area contributed by atoms with E-state index in [1.165, 1.54) is 17.7 Å². The number of rotatable bonds is 9. The summed E-state index contributed by atoms with van der Waals surface area (Å²) < 4.78 is 5.57. The van der Waals surface area contributed by atoms with Crippen LogP contribution in [0.4, 0.5) is 0 Å². The highest BCUT2D eigenvalue weighted by Gasteiger charge is 2.20. The molecule has 1 fully saturated rings. The smallest absolute Gasteiger partial charge is 0.0494 e. The van der Waals surface area contributed by atoms with Gasteiger partial charge in [-0.2, -0.15) is 0 Å². The lowest BCUT2D eigenvalue weighted by atomic mass is 10.3. The van der Waals surface area contributed by atoms with Crippen molar-refractivity contribution in [2.45, 2.75) is 25.7 Å². The Morgan fingerprint density at radius 3 is 3.06 bits per heavy atom. The van der Waals surface area contributed by atoms with Gasteiger partial charge in [0.1, 0.15) is 0 Å². The molecule has 0 saturated heterocycles. The van der Waals surface area contributed by atoms with Crippen molar-refractivity contribution in [1.82, 2.24) is 5.32 Å². The minimum atomic E-state index is 0.895. The van der Waals surface area contributed by atoms with Gasteiger partial charge in [-0.25, -0.2) is 0 Å². The van der Waals surface area contributed by atoms with Gasteiger partial charge in [0, 0.05) is 18.1 Å². The number of ether oxygens (including phenoxy) is 1. The summed E-state index contributed by atoms with van der Waals surface area (Å²) in [4.78, 5) is 1.47. The third kappa shape index (κ3) is 5.10. The predicted octanol–water partition coefficient (Wildman–Crippen LogP) is 2.70. The quantitative estimate of drug-likeness (QED) is 0.669. The Morgan fingerprint density at radius 1 is 1.38 bits per heavy atom. The van der Waals surface area contributed by atoms with Crippen molar-refractivity contribution in [2.24, 2.45) is 5.92 Å². The average molecular weight is 239 g/mol. The zero-order valence-corrected chi connectivity index (χ0v) is 10.6. The van der Waals surface area contributed by atoms with Crippen molar-refractivity contribution in [1.29, 1.82) is 0 Å². The van der Waals surface area contributed by atoms with E-state index in [-0.39, 0.29) is 0 Å².